The van der Waals surface area contributed by atoms with E-state index in [9.17, 15) is 5.11 Å². The van der Waals surface area contributed by atoms with Crippen molar-refractivity contribution in [1.82, 2.24) is 9.78 Å². The van der Waals surface area contributed by atoms with Gasteiger partial charge in [-0.1, -0.05) is 54.1 Å². The molecule has 6 heteroatoms. The van der Waals surface area contributed by atoms with Crippen LogP contribution in [0.1, 0.15) is 0 Å². The third-order valence-electron chi connectivity index (χ3n) is 4.13. The maximum atomic E-state index is 12.5. The number of benzene rings is 3. The van der Waals surface area contributed by atoms with E-state index in [-0.39, 0.29) is 35.3 Å². The van der Waals surface area contributed by atoms with E-state index in [0.717, 1.165) is 26.1 Å². The van der Waals surface area contributed by atoms with Crippen LogP contribution in [0.3, 0.4) is 0 Å². The SMILES string of the molecule is [Na+].[O-]c1ccc(Cl)cc1-c1cnn(-c2ccccc2)c1-c1ccccc1I. The first-order chi connectivity index (χ1) is 12.6. The number of hydrogen-bond donors (Lipinski definition) is 0. The quantitative estimate of drug-likeness (QED) is 0.325. The molecule has 0 atom stereocenters. The van der Waals surface area contributed by atoms with Gasteiger partial charge in [0.1, 0.15) is 0 Å². The van der Waals surface area contributed by atoms with Gasteiger partial charge >= 0.3 is 29.6 Å². The minimum Gasteiger partial charge on any atom is -0.872 e. The molecular weight excluding hydrogens is 482 g/mol. The Kier molecular flexibility index (Phi) is 6.65. The Bertz CT molecular complexity index is 1080. The van der Waals surface area contributed by atoms with Gasteiger partial charge in [0.15, 0.2) is 0 Å². The molecule has 0 aliphatic rings. The molecular formula is C21H13ClIN2NaO. The van der Waals surface area contributed by atoms with Crippen LogP contribution in [0.25, 0.3) is 28.1 Å². The molecule has 0 amide bonds. The molecule has 0 spiro atoms. The van der Waals surface area contributed by atoms with Crippen molar-refractivity contribution in [2.24, 2.45) is 0 Å². The summed E-state index contributed by atoms with van der Waals surface area (Å²) in [5, 5.41) is 17.6. The molecule has 3 aromatic carbocycles. The first-order valence-corrected chi connectivity index (χ1v) is 9.46. The first kappa shape index (κ1) is 20.4. The van der Waals surface area contributed by atoms with Crippen molar-refractivity contribution in [3.8, 4) is 33.8 Å². The molecule has 0 N–H and O–H groups in total. The summed E-state index contributed by atoms with van der Waals surface area (Å²) in [6.07, 6.45) is 1.73. The average molecular weight is 495 g/mol. The van der Waals surface area contributed by atoms with E-state index in [1.807, 2.05) is 59.3 Å². The fraction of sp³-hybridized carbons (Fsp3) is 0. The number of nitrogens with zero attached hydrogens (tertiary/aromatic N) is 2. The molecule has 1 heterocycles. The van der Waals surface area contributed by atoms with E-state index < -0.39 is 0 Å². The van der Waals surface area contributed by atoms with E-state index in [1.54, 1.807) is 18.3 Å². The minimum absolute atomic E-state index is 0. The van der Waals surface area contributed by atoms with Crippen molar-refractivity contribution < 1.29 is 34.7 Å². The summed E-state index contributed by atoms with van der Waals surface area (Å²) in [6.45, 7) is 0. The van der Waals surface area contributed by atoms with Gasteiger partial charge in [0.2, 0.25) is 0 Å². The molecule has 0 radical (unpaired) electrons. The number of para-hydroxylation sites is 1. The van der Waals surface area contributed by atoms with Crippen molar-refractivity contribution in [2.75, 3.05) is 0 Å². The Balaban J connectivity index is 0.00000210. The molecule has 0 saturated carbocycles. The van der Waals surface area contributed by atoms with Crippen LogP contribution in [-0.4, -0.2) is 9.78 Å². The molecule has 27 heavy (non-hydrogen) atoms. The molecule has 0 saturated heterocycles. The summed E-state index contributed by atoms with van der Waals surface area (Å²) in [7, 11) is 0. The van der Waals surface area contributed by atoms with Crippen molar-refractivity contribution in [2.45, 2.75) is 0 Å². The standard InChI is InChI=1S/C21H14ClIN2O.Na/c22-14-10-11-20(26)17(12-14)18-13-24-25(15-6-2-1-3-7-15)21(18)16-8-4-5-9-19(16)23;/h1-13,26H;/q;+1/p-1. The maximum absolute atomic E-state index is 12.5. The second-order valence-electron chi connectivity index (χ2n) is 5.77. The Morgan fingerprint density at radius 3 is 2.30 bits per heavy atom. The molecule has 128 valence electrons. The first-order valence-electron chi connectivity index (χ1n) is 8.00. The van der Waals surface area contributed by atoms with Crippen LogP contribution in [0.15, 0.2) is 79.0 Å². The molecule has 3 nitrogen and oxygen atoms in total. The molecule has 0 aliphatic heterocycles. The van der Waals surface area contributed by atoms with Gasteiger partial charge in [-0.3, -0.25) is 0 Å². The van der Waals surface area contributed by atoms with Crippen LogP contribution in [-0.2, 0) is 0 Å². The molecule has 0 fully saturated rings. The smallest absolute Gasteiger partial charge is 0.872 e. The molecule has 0 bridgehead atoms. The van der Waals surface area contributed by atoms with Gasteiger partial charge in [-0.25, -0.2) is 4.68 Å². The Hall–Kier alpha value is -1.31. The summed E-state index contributed by atoms with van der Waals surface area (Å²) in [5.41, 5.74) is 4.15. The van der Waals surface area contributed by atoms with Crippen molar-refractivity contribution >= 4 is 34.2 Å². The summed E-state index contributed by atoms with van der Waals surface area (Å²) in [6, 6.07) is 22.8. The largest absolute Gasteiger partial charge is 1.00 e. The van der Waals surface area contributed by atoms with Crippen LogP contribution < -0.4 is 34.7 Å². The Morgan fingerprint density at radius 2 is 1.56 bits per heavy atom. The molecule has 1 aromatic heterocycles. The summed E-state index contributed by atoms with van der Waals surface area (Å²) in [5.74, 6) is -0.0748. The van der Waals surface area contributed by atoms with E-state index >= 15 is 0 Å². The van der Waals surface area contributed by atoms with Crippen molar-refractivity contribution in [3.05, 3.63) is 87.6 Å². The summed E-state index contributed by atoms with van der Waals surface area (Å²) in [4.78, 5) is 0. The Morgan fingerprint density at radius 1 is 0.852 bits per heavy atom. The van der Waals surface area contributed by atoms with Crippen LogP contribution in [0.5, 0.6) is 5.75 Å². The minimum atomic E-state index is -0.0748. The second-order valence-corrected chi connectivity index (χ2v) is 7.37. The normalized spacial score (nSPS) is 10.4. The summed E-state index contributed by atoms with van der Waals surface area (Å²) >= 11 is 8.46. The maximum Gasteiger partial charge on any atom is 1.00 e. The van der Waals surface area contributed by atoms with Crippen molar-refractivity contribution in [3.63, 3.8) is 0 Å². The van der Waals surface area contributed by atoms with Gasteiger partial charge in [0, 0.05) is 19.7 Å². The van der Waals surface area contributed by atoms with Crippen molar-refractivity contribution in [1.29, 1.82) is 0 Å². The average Bonchev–Trinajstić information content (AvgIpc) is 3.09. The van der Waals surface area contributed by atoms with Crippen LogP contribution in [0.2, 0.25) is 5.02 Å². The number of aromatic nitrogens is 2. The van der Waals surface area contributed by atoms with Crippen LogP contribution >= 0.6 is 34.2 Å². The third-order valence-corrected chi connectivity index (χ3v) is 5.31. The number of halogens is 2. The zero-order chi connectivity index (χ0) is 18.1. The Labute approximate surface area is 198 Å². The predicted octanol–water partition coefficient (Wildman–Crippen LogP) is 2.54. The van der Waals surface area contributed by atoms with Gasteiger partial charge in [0.05, 0.1) is 17.6 Å². The topological polar surface area (TPSA) is 40.9 Å². The fourth-order valence-electron chi connectivity index (χ4n) is 2.94. The van der Waals surface area contributed by atoms with Crippen LogP contribution in [0, 0.1) is 3.57 Å². The molecule has 4 aromatic rings. The van der Waals surface area contributed by atoms with Gasteiger partial charge < -0.3 is 5.11 Å². The monoisotopic (exact) mass is 494 g/mol. The van der Waals surface area contributed by atoms with Gasteiger partial charge in [-0.05, 0) is 58.5 Å². The second kappa shape index (κ2) is 8.80. The molecule has 4 rings (SSSR count). The van der Waals surface area contributed by atoms with E-state index in [0.29, 0.717) is 10.6 Å². The van der Waals surface area contributed by atoms with E-state index in [1.165, 1.54) is 6.07 Å². The fourth-order valence-corrected chi connectivity index (χ4v) is 3.75. The van der Waals surface area contributed by atoms with E-state index in [2.05, 4.69) is 27.7 Å². The molecule has 0 aliphatic carbocycles. The van der Waals surface area contributed by atoms with Crippen LogP contribution in [0.4, 0.5) is 0 Å². The zero-order valence-corrected chi connectivity index (χ0v) is 19.5. The van der Waals surface area contributed by atoms with Gasteiger partial charge in [0.25, 0.3) is 0 Å². The van der Waals surface area contributed by atoms with Gasteiger partial charge in [-0.15, -0.1) is 5.75 Å². The zero-order valence-electron chi connectivity index (χ0n) is 14.6. The third kappa shape index (κ3) is 4.10. The predicted molar refractivity (Wildman–Crippen MR) is 112 cm³/mol. The van der Waals surface area contributed by atoms with Gasteiger partial charge in [-0.2, -0.15) is 5.10 Å². The summed E-state index contributed by atoms with van der Waals surface area (Å²) < 4.78 is 2.95. The number of hydrogen-bond acceptors (Lipinski definition) is 2. The molecule has 0 unspecified atom stereocenters. The number of rotatable bonds is 3. The van der Waals surface area contributed by atoms with E-state index in [4.69, 9.17) is 11.6 Å².